The topological polar surface area (TPSA) is 66.5 Å². The van der Waals surface area contributed by atoms with Crippen molar-refractivity contribution in [2.24, 2.45) is 0 Å². The minimum Gasteiger partial charge on any atom is -0.354 e. The normalized spacial score (nSPS) is 19.8. The number of carbonyl (C=O) groups excluding carboxylic acids is 3. The second-order valence-electron chi connectivity index (χ2n) is 7.68. The van der Waals surface area contributed by atoms with E-state index in [0.29, 0.717) is 4.91 Å². The van der Waals surface area contributed by atoms with Gasteiger partial charge in [-0.25, -0.2) is 0 Å². The molecule has 4 rings (SSSR count). The second-order valence-corrected chi connectivity index (χ2v) is 8.67. The fourth-order valence-electron chi connectivity index (χ4n) is 3.95. The monoisotopic (exact) mass is 420 g/mol. The van der Waals surface area contributed by atoms with Gasteiger partial charge in [0.25, 0.3) is 11.1 Å². The lowest BCUT2D eigenvalue weighted by molar-refractivity contribution is -0.125. The third kappa shape index (κ3) is 4.33. The fraction of sp³-hybridized carbons (Fsp3) is 0.292. The van der Waals surface area contributed by atoms with Crippen LogP contribution in [0, 0.1) is 6.92 Å². The number of aryl methyl sites for hydroxylation is 2. The summed E-state index contributed by atoms with van der Waals surface area (Å²) in [6.45, 7) is 2.43. The number of benzene rings is 2. The molecule has 0 aromatic heterocycles. The predicted molar refractivity (Wildman–Crippen MR) is 119 cm³/mol. The summed E-state index contributed by atoms with van der Waals surface area (Å²) in [5, 5.41) is 2.62. The van der Waals surface area contributed by atoms with Crippen molar-refractivity contribution in [3.63, 3.8) is 0 Å². The van der Waals surface area contributed by atoms with Gasteiger partial charge in [0.1, 0.15) is 0 Å². The van der Waals surface area contributed by atoms with Gasteiger partial charge in [-0.1, -0.05) is 54.1 Å². The lowest BCUT2D eigenvalue weighted by Crippen LogP contribution is -2.39. The minimum absolute atomic E-state index is 0.0377. The third-order valence-electron chi connectivity index (χ3n) is 5.57. The van der Waals surface area contributed by atoms with Crippen molar-refractivity contribution < 1.29 is 14.4 Å². The number of fused-ring (bicyclic) bond motifs is 1. The molecule has 3 amide bonds. The first-order chi connectivity index (χ1) is 14.5. The number of rotatable bonds is 5. The Hall–Kier alpha value is -2.86. The van der Waals surface area contributed by atoms with Gasteiger partial charge in [-0.2, -0.15) is 0 Å². The van der Waals surface area contributed by atoms with E-state index < -0.39 is 0 Å². The maximum absolute atomic E-state index is 12.7. The molecular weight excluding hydrogens is 396 g/mol. The molecule has 2 aromatic rings. The molecule has 1 N–H and O–H groups in total. The smallest absolute Gasteiger partial charge is 0.293 e. The molecule has 1 heterocycles. The summed E-state index contributed by atoms with van der Waals surface area (Å²) in [5.41, 5.74) is 4.34. The average Bonchev–Trinajstić information content (AvgIpc) is 3.02. The summed E-state index contributed by atoms with van der Waals surface area (Å²) in [4.78, 5) is 39.3. The summed E-state index contributed by atoms with van der Waals surface area (Å²) in [7, 11) is 0. The lowest BCUT2D eigenvalue weighted by atomic mass is 9.82. The zero-order valence-electron chi connectivity index (χ0n) is 16.9. The number of hydrogen-bond acceptors (Lipinski definition) is 4. The minimum atomic E-state index is -0.303. The van der Waals surface area contributed by atoms with Gasteiger partial charge in [-0.05, 0) is 60.7 Å². The summed E-state index contributed by atoms with van der Waals surface area (Å²) in [6.07, 6.45) is 4.55. The highest BCUT2D eigenvalue weighted by Crippen LogP contribution is 2.33. The van der Waals surface area contributed by atoms with Crippen molar-refractivity contribution in [1.29, 1.82) is 0 Å². The Morgan fingerprint density at radius 1 is 1.17 bits per heavy atom. The molecule has 1 aliphatic carbocycles. The van der Waals surface area contributed by atoms with Gasteiger partial charge in [0.2, 0.25) is 5.91 Å². The molecule has 6 heteroatoms. The van der Waals surface area contributed by atoms with Crippen LogP contribution in [0.25, 0.3) is 6.08 Å². The number of nitrogens with one attached hydrogen (secondary N) is 1. The van der Waals surface area contributed by atoms with Crippen LogP contribution in [0.5, 0.6) is 0 Å². The standard InChI is InChI=1S/C24H24N2O3S/c1-16-9-11-17(12-10-16)15-21-23(28)26(24(29)30-21)14-13-25-22(27)20-8-4-6-18-5-2-3-7-19(18)20/h2-3,5,7,9-12,15,20H,4,6,8,13-14H2,1H3,(H,25,27)/b21-15-. The van der Waals surface area contributed by atoms with Crippen LogP contribution >= 0.6 is 11.8 Å². The molecule has 1 fully saturated rings. The van der Waals surface area contributed by atoms with E-state index in [-0.39, 0.29) is 36.1 Å². The molecule has 2 aromatic carbocycles. The van der Waals surface area contributed by atoms with Gasteiger partial charge in [-0.3, -0.25) is 19.3 Å². The highest BCUT2D eigenvalue weighted by molar-refractivity contribution is 8.18. The van der Waals surface area contributed by atoms with E-state index in [0.717, 1.165) is 47.7 Å². The van der Waals surface area contributed by atoms with Crippen LogP contribution in [0.15, 0.2) is 53.4 Å². The first-order valence-electron chi connectivity index (χ1n) is 10.2. The number of imide groups is 1. The molecule has 1 aliphatic heterocycles. The molecule has 2 aliphatic rings. The molecule has 1 atom stereocenters. The highest BCUT2D eigenvalue weighted by Gasteiger charge is 2.35. The quantitative estimate of drug-likeness (QED) is 0.734. The highest BCUT2D eigenvalue weighted by atomic mass is 32.2. The Labute approximate surface area is 180 Å². The van der Waals surface area contributed by atoms with E-state index in [1.807, 2.05) is 49.4 Å². The van der Waals surface area contributed by atoms with E-state index >= 15 is 0 Å². The zero-order valence-corrected chi connectivity index (χ0v) is 17.7. The van der Waals surface area contributed by atoms with Crippen molar-refractivity contribution >= 4 is 34.9 Å². The number of thioether (sulfide) groups is 1. The predicted octanol–water partition coefficient (Wildman–Crippen LogP) is 4.27. The van der Waals surface area contributed by atoms with Gasteiger partial charge in [0.05, 0.1) is 10.8 Å². The van der Waals surface area contributed by atoms with Gasteiger partial charge in [-0.15, -0.1) is 0 Å². The molecule has 5 nitrogen and oxygen atoms in total. The van der Waals surface area contributed by atoms with E-state index in [1.54, 1.807) is 6.08 Å². The van der Waals surface area contributed by atoms with Crippen LogP contribution in [-0.2, 0) is 16.0 Å². The third-order valence-corrected chi connectivity index (χ3v) is 6.48. The van der Waals surface area contributed by atoms with Gasteiger partial charge in [0.15, 0.2) is 0 Å². The number of nitrogens with zero attached hydrogens (tertiary/aromatic N) is 1. The molecule has 0 saturated carbocycles. The molecule has 1 saturated heterocycles. The van der Waals surface area contributed by atoms with Gasteiger partial charge < -0.3 is 5.32 Å². The van der Waals surface area contributed by atoms with Crippen LogP contribution < -0.4 is 5.32 Å². The molecular formula is C24H24N2O3S. The van der Waals surface area contributed by atoms with Crippen LogP contribution in [0.4, 0.5) is 4.79 Å². The summed E-state index contributed by atoms with van der Waals surface area (Å²) < 4.78 is 0. The first kappa shape index (κ1) is 20.4. The largest absolute Gasteiger partial charge is 0.354 e. The second kappa shape index (κ2) is 8.88. The maximum Gasteiger partial charge on any atom is 0.293 e. The number of carbonyl (C=O) groups is 3. The van der Waals surface area contributed by atoms with Crippen molar-refractivity contribution in [3.8, 4) is 0 Å². The Balaban J connectivity index is 1.35. The average molecular weight is 421 g/mol. The summed E-state index contributed by atoms with van der Waals surface area (Å²) in [5.74, 6) is -0.501. The molecule has 154 valence electrons. The Kier molecular flexibility index (Phi) is 6.04. The molecule has 1 unspecified atom stereocenters. The van der Waals surface area contributed by atoms with Gasteiger partial charge in [0, 0.05) is 13.1 Å². The Bertz CT molecular complexity index is 1010. The Morgan fingerprint density at radius 2 is 1.93 bits per heavy atom. The van der Waals surface area contributed by atoms with Crippen LogP contribution in [0.2, 0.25) is 0 Å². The van der Waals surface area contributed by atoms with Crippen molar-refractivity contribution in [3.05, 3.63) is 75.7 Å². The van der Waals surface area contributed by atoms with E-state index in [1.165, 1.54) is 10.5 Å². The molecule has 30 heavy (non-hydrogen) atoms. The van der Waals surface area contributed by atoms with Crippen LogP contribution in [0.3, 0.4) is 0 Å². The van der Waals surface area contributed by atoms with Crippen molar-refractivity contribution in [2.75, 3.05) is 13.1 Å². The van der Waals surface area contributed by atoms with Crippen molar-refractivity contribution in [2.45, 2.75) is 32.1 Å². The van der Waals surface area contributed by atoms with Gasteiger partial charge >= 0.3 is 0 Å². The van der Waals surface area contributed by atoms with Crippen LogP contribution in [-0.4, -0.2) is 35.0 Å². The fourth-order valence-corrected chi connectivity index (χ4v) is 4.81. The lowest BCUT2D eigenvalue weighted by Gasteiger charge is -2.25. The SMILES string of the molecule is Cc1ccc(/C=C2\SC(=O)N(CCNC(=O)C3CCCc4ccccc43)C2=O)cc1. The molecule has 0 spiro atoms. The summed E-state index contributed by atoms with van der Waals surface area (Å²) >= 11 is 0.944. The molecule has 0 bridgehead atoms. The van der Waals surface area contributed by atoms with E-state index in [2.05, 4.69) is 11.4 Å². The summed E-state index contributed by atoms with van der Waals surface area (Å²) in [6, 6.07) is 15.8. The van der Waals surface area contributed by atoms with E-state index in [9.17, 15) is 14.4 Å². The zero-order chi connectivity index (χ0) is 21.1. The van der Waals surface area contributed by atoms with Crippen LogP contribution in [0.1, 0.15) is 41.0 Å². The van der Waals surface area contributed by atoms with E-state index in [4.69, 9.17) is 0 Å². The number of amides is 3. The first-order valence-corrected chi connectivity index (χ1v) is 11.0. The van der Waals surface area contributed by atoms with Crippen molar-refractivity contribution in [1.82, 2.24) is 10.2 Å². The Morgan fingerprint density at radius 3 is 2.73 bits per heavy atom. The maximum atomic E-state index is 12.7. The molecule has 0 radical (unpaired) electrons. The number of hydrogen-bond donors (Lipinski definition) is 1.